The highest BCUT2D eigenvalue weighted by Crippen LogP contribution is 2.39. The highest BCUT2D eigenvalue weighted by molar-refractivity contribution is 5.90. The zero-order valence-electron chi connectivity index (χ0n) is 20.2. The second-order valence-electron chi connectivity index (χ2n) is 8.81. The number of hydrogen-bond donors (Lipinski definition) is 2. The van der Waals surface area contributed by atoms with Crippen LogP contribution in [0.1, 0.15) is 27.9 Å². The number of nitrogens with one attached hydrogen (secondary N) is 2. The van der Waals surface area contributed by atoms with Gasteiger partial charge in [0.25, 0.3) is 0 Å². The van der Waals surface area contributed by atoms with Crippen LogP contribution in [0, 0.1) is 11.6 Å². The Morgan fingerprint density at radius 2 is 1.38 bits per heavy atom. The van der Waals surface area contributed by atoms with Crippen molar-refractivity contribution in [3.05, 3.63) is 131 Å². The predicted octanol–water partition coefficient (Wildman–Crippen LogP) is 7.71. The molecule has 4 aromatic rings. The van der Waals surface area contributed by atoms with Crippen LogP contribution in [0.25, 0.3) is 0 Å². The van der Waals surface area contributed by atoms with Crippen LogP contribution in [0.15, 0.2) is 91.1 Å². The first-order chi connectivity index (χ1) is 18.8. The molecule has 1 heterocycles. The first kappa shape index (κ1) is 28.5. The lowest BCUT2D eigenvalue weighted by Gasteiger charge is -2.36. The lowest BCUT2D eigenvalue weighted by atomic mass is 9.79. The highest BCUT2D eigenvalue weighted by Gasteiger charge is 2.42. The summed E-state index contributed by atoms with van der Waals surface area (Å²) in [4.78, 5) is 17.2. The average Bonchev–Trinajstić information content (AvgIpc) is 2.87. The number of benzene rings is 3. The summed E-state index contributed by atoms with van der Waals surface area (Å²) in [5.41, 5.74) is -5.62. The molecule has 40 heavy (non-hydrogen) atoms. The Labute approximate surface area is 222 Å². The summed E-state index contributed by atoms with van der Waals surface area (Å²) in [6.07, 6.45) is -9.55. The monoisotopic (exact) mass is 565 g/mol. The molecule has 208 valence electrons. The zero-order valence-corrected chi connectivity index (χ0v) is 20.2. The minimum absolute atomic E-state index is 0.0571. The third-order valence-corrected chi connectivity index (χ3v) is 5.96. The zero-order chi connectivity index (χ0) is 29.1. The second kappa shape index (κ2) is 10.9. The molecule has 4 rings (SSSR count). The van der Waals surface area contributed by atoms with Gasteiger partial charge in [-0.2, -0.15) is 26.3 Å². The van der Waals surface area contributed by atoms with Crippen molar-refractivity contribution in [1.29, 1.82) is 0 Å². The number of nitrogens with zero attached hydrogens (tertiary/aromatic N) is 1. The van der Waals surface area contributed by atoms with E-state index in [-0.39, 0.29) is 11.8 Å². The summed E-state index contributed by atoms with van der Waals surface area (Å²) in [5.74, 6) is -2.06. The van der Waals surface area contributed by atoms with E-state index in [1.807, 2.05) is 0 Å². The number of alkyl halides is 6. The van der Waals surface area contributed by atoms with E-state index >= 15 is 0 Å². The molecule has 1 atom stereocenters. The number of carbonyl (C=O) groups excluding carboxylic acids is 1. The lowest BCUT2D eigenvalue weighted by Crippen LogP contribution is -2.51. The van der Waals surface area contributed by atoms with Gasteiger partial charge < -0.3 is 10.6 Å². The standard InChI is InChI=1S/C28H19F8N3O/c29-21-7-4-8-23(15-21)38-25(40)39-26(16-17-5-2-1-3-6-17,24-14-18(9-10-37-24)27(31,32)33)19-11-20(28(34,35)36)13-22(30)12-19/h1-15H,16H2,(H2,38,39,40). The lowest BCUT2D eigenvalue weighted by molar-refractivity contribution is -0.138. The maximum absolute atomic E-state index is 14.7. The third-order valence-electron chi connectivity index (χ3n) is 5.96. The fourth-order valence-corrected chi connectivity index (χ4v) is 4.19. The number of aromatic nitrogens is 1. The van der Waals surface area contributed by atoms with Crippen molar-refractivity contribution in [2.75, 3.05) is 5.32 Å². The molecule has 2 amide bonds. The van der Waals surface area contributed by atoms with E-state index < -0.39 is 64.4 Å². The summed E-state index contributed by atoms with van der Waals surface area (Å²) < 4.78 is 111. The van der Waals surface area contributed by atoms with Crippen LogP contribution >= 0.6 is 0 Å². The molecule has 4 nitrogen and oxygen atoms in total. The van der Waals surface area contributed by atoms with E-state index in [0.29, 0.717) is 29.8 Å². The van der Waals surface area contributed by atoms with Crippen LogP contribution in [-0.2, 0) is 24.3 Å². The van der Waals surface area contributed by atoms with Gasteiger partial charge in [0.05, 0.1) is 16.8 Å². The van der Waals surface area contributed by atoms with Crippen LogP contribution in [0.5, 0.6) is 0 Å². The number of urea groups is 1. The van der Waals surface area contributed by atoms with Crippen molar-refractivity contribution in [1.82, 2.24) is 10.3 Å². The topological polar surface area (TPSA) is 54.0 Å². The maximum Gasteiger partial charge on any atom is 0.416 e. The van der Waals surface area contributed by atoms with Crippen molar-refractivity contribution in [2.45, 2.75) is 24.3 Å². The van der Waals surface area contributed by atoms with E-state index in [1.54, 1.807) is 18.2 Å². The summed E-state index contributed by atoms with van der Waals surface area (Å²) >= 11 is 0. The molecule has 0 aliphatic rings. The number of halogens is 8. The van der Waals surface area contributed by atoms with E-state index in [1.165, 1.54) is 24.3 Å². The van der Waals surface area contributed by atoms with Gasteiger partial charge in [0.15, 0.2) is 0 Å². The largest absolute Gasteiger partial charge is 0.416 e. The number of rotatable bonds is 6. The maximum atomic E-state index is 14.7. The van der Waals surface area contributed by atoms with Gasteiger partial charge >= 0.3 is 18.4 Å². The molecule has 0 fully saturated rings. The number of pyridine rings is 1. The summed E-state index contributed by atoms with van der Waals surface area (Å²) in [6, 6.07) is 14.0. The molecule has 0 aliphatic carbocycles. The van der Waals surface area contributed by atoms with Gasteiger partial charge in [-0.25, -0.2) is 13.6 Å². The van der Waals surface area contributed by atoms with E-state index in [2.05, 4.69) is 15.6 Å². The van der Waals surface area contributed by atoms with Gasteiger partial charge in [-0.1, -0.05) is 36.4 Å². The molecule has 0 bridgehead atoms. The van der Waals surface area contributed by atoms with Crippen molar-refractivity contribution < 1.29 is 39.9 Å². The van der Waals surface area contributed by atoms with Crippen LogP contribution in [0.3, 0.4) is 0 Å². The van der Waals surface area contributed by atoms with E-state index in [9.17, 15) is 39.9 Å². The Bertz CT molecular complexity index is 1510. The molecule has 2 N–H and O–H groups in total. The molecule has 3 aromatic carbocycles. The molecule has 0 saturated heterocycles. The first-order valence-corrected chi connectivity index (χ1v) is 11.6. The van der Waals surface area contributed by atoms with Crippen LogP contribution < -0.4 is 10.6 Å². The van der Waals surface area contributed by atoms with Crippen molar-refractivity contribution in [2.24, 2.45) is 0 Å². The SMILES string of the molecule is O=C(Nc1cccc(F)c1)NC(Cc1ccccc1)(c1cc(F)cc(C(F)(F)F)c1)c1cc(C(F)(F)F)ccn1. The quantitative estimate of drug-likeness (QED) is 0.236. The Balaban J connectivity index is 1.97. The fraction of sp³-hybridized carbons (Fsp3) is 0.143. The molecule has 1 unspecified atom stereocenters. The molecular formula is C28H19F8N3O. The van der Waals surface area contributed by atoms with Crippen molar-refractivity contribution >= 4 is 11.7 Å². The Hall–Kier alpha value is -4.48. The summed E-state index contributed by atoms with van der Waals surface area (Å²) in [7, 11) is 0. The highest BCUT2D eigenvalue weighted by atomic mass is 19.4. The van der Waals surface area contributed by atoms with Crippen LogP contribution in [0.4, 0.5) is 45.6 Å². The number of carbonyl (C=O) groups is 1. The van der Waals surface area contributed by atoms with Gasteiger partial charge in [-0.3, -0.25) is 4.98 Å². The van der Waals surface area contributed by atoms with Gasteiger partial charge in [0, 0.05) is 18.3 Å². The van der Waals surface area contributed by atoms with E-state index in [4.69, 9.17) is 0 Å². The Morgan fingerprint density at radius 1 is 0.700 bits per heavy atom. The average molecular weight is 565 g/mol. The second-order valence-corrected chi connectivity index (χ2v) is 8.81. The first-order valence-electron chi connectivity index (χ1n) is 11.6. The number of anilines is 1. The minimum atomic E-state index is -5.03. The summed E-state index contributed by atoms with van der Waals surface area (Å²) in [5, 5.41) is 4.74. The van der Waals surface area contributed by atoms with E-state index in [0.717, 1.165) is 18.3 Å². The molecule has 0 saturated carbocycles. The molecule has 12 heteroatoms. The molecular weight excluding hydrogens is 546 g/mol. The third kappa shape index (κ3) is 6.56. The molecule has 0 radical (unpaired) electrons. The molecule has 0 aliphatic heterocycles. The molecule has 1 aromatic heterocycles. The van der Waals surface area contributed by atoms with Crippen LogP contribution in [-0.4, -0.2) is 11.0 Å². The minimum Gasteiger partial charge on any atom is -0.322 e. The van der Waals surface area contributed by atoms with Crippen molar-refractivity contribution in [3.8, 4) is 0 Å². The van der Waals surface area contributed by atoms with Crippen molar-refractivity contribution in [3.63, 3.8) is 0 Å². The number of hydrogen-bond acceptors (Lipinski definition) is 2. The Morgan fingerprint density at radius 3 is 2.02 bits per heavy atom. The van der Waals surface area contributed by atoms with Gasteiger partial charge in [0.1, 0.15) is 17.2 Å². The van der Waals surface area contributed by atoms with Gasteiger partial charge in [-0.15, -0.1) is 0 Å². The number of amides is 2. The fourth-order valence-electron chi connectivity index (χ4n) is 4.19. The smallest absolute Gasteiger partial charge is 0.322 e. The molecule has 0 spiro atoms. The van der Waals surface area contributed by atoms with Gasteiger partial charge in [-0.05, 0) is 59.7 Å². The predicted molar refractivity (Wildman–Crippen MR) is 130 cm³/mol. The normalized spacial score (nSPS) is 13.4. The van der Waals surface area contributed by atoms with Gasteiger partial charge in [0.2, 0.25) is 0 Å². The summed E-state index contributed by atoms with van der Waals surface area (Å²) in [6.45, 7) is 0. The van der Waals surface area contributed by atoms with Crippen LogP contribution in [0.2, 0.25) is 0 Å². The Kier molecular flexibility index (Phi) is 7.81.